The van der Waals surface area contributed by atoms with Crippen molar-refractivity contribution in [1.29, 1.82) is 0 Å². The predicted molar refractivity (Wildman–Crippen MR) is 129 cm³/mol. The molecule has 8 nitrogen and oxygen atoms in total. The number of ether oxygens (including phenoxy) is 1. The van der Waals surface area contributed by atoms with Crippen molar-refractivity contribution in [2.24, 2.45) is 0 Å². The molecule has 3 aromatic rings. The predicted octanol–water partition coefficient (Wildman–Crippen LogP) is 4.02. The minimum atomic E-state index is -4.75. The van der Waals surface area contributed by atoms with Gasteiger partial charge < -0.3 is 9.64 Å². The molecule has 1 saturated heterocycles. The van der Waals surface area contributed by atoms with Crippen LogP contribution in [0.3, 0.4) is 0 Å². The standard InChI is InChI=1S/C25H21ClF3N3O5/c1-2-37-23(35)18-14-31(17-10-8-16(9-11-17)30-12-4-7-20(30)33)24(36)32(22(18)34)13-15-5-3-6-19(21(15)26)25(27,28)29/h3,5-6,8-11,14H,2,4,7,12-13H2,1H3. The minimum absolute atomic E-state index is 0.0268. The molecule has 2 heterocycles. The zero-order chi connectivity index (χ0) is 26.9. The second kappa shape index (κ2) is 10.3. The molecular weight excluding hydrogens is 515 g/mol. The van der Waals surface area contributed by atoms with Crippen molar-refractivity contribution in [3.63, 3.8) is 0 Å². The minimum Gasteiger partial charge on any atom is -0.462 e. The molecule has 1 amide bonds. The average Bonchev–Trinajstić information content (AvgIpc) is 3.28. The summed E-state index contributed by atoms with van der Waals surface area (Å²) in [5, 5.41) is -0.658. The lowest BCUT2D eigenvalue weighted by atomic mass is 10.1. The molecule has 2 aromatic carbocycles. The molecular formula is C25H21ClF3N3O5. The fourth-order valence-corrected chi connectivity index (χ4v) is 4.37. The van der Waals surface area contributed by atoms with Crippen LogP contribution in [0.5, 0.6) is 0 Å². The third-order valence-electron chi connectivity index (χ3n) is 5.89. The van der Waals surface area contributed by atoms with Gasteiger partial charge in [0, 0.05) is 24.8 Å². The number of aromatic nitrogens is 2. The molecule has 0 atom stereocenters. The maximum atomic E-state index is 13.4. The zero-order valence-corrected chi connectivity index (χ0v) is 20.3. The number of rotatable bonds is 6. The molecule has 1 aromatic heterocycles. The molecule has 1 fully saturated rings. The number of nitrogens with zero attached hydrogens (tertiary/aromatic N) is 3. The summed E-state index contributed by atoms with van der Waals surface area (Å²) < 4.78 is 46.6. The Bertz CT molecular complexity index is 1480. The van der Waals surface area contributed by atoms with Crippen LogP contribution in [0.1, 0.15) is 41.3 Å². The molecule has 4 rings (SSSR count). The maximum Gasteiger partial charge on any atom is 0.417 e. The first-order chi connectivity index (χ1) is 17.5. The van der Waals surface area contributed by atoms with Gasteiger partial charge in [0.2, 0.25) is 5.91 Å². The third-order valence-corrected chi connectivity index (χ3v) is 6.34. The van der Waals surface area contributed by atoms with E-state index < -0.39 is 46.1 Å². The summed E-state index contributed by atoms with van der Waals surface area (Å²) in [4.78, 5) is 52.6. The molecule has 1 aliphatic rings. The van der Waals surface area contributed by atoms with E-state index in [1.165, 1.54) is 25.1 Å². The highest BCUT2D eigenvalue weighted by molar-refractivity contribution is 6.32. The quantitative estimate of drug-likeness (QED) is 0.445. The highest BCUT2D eigenvalue weighted by Crippen LogP contribution is 2.36. The van der Waals surface area contributed by atoms with Gasteiger partial charge in [0.05, 0.1) is 29.4 Å². The first kappa shape index (κ1) is 26.2. The van der Waals surface area contributed by atoms with Crippen LogP contribution in [-0.2, 0) is 22.3 Å². The topological polar surface area (TPSA) is 90.6 Å². The third kappa shape index (κ3) is 5.17. The number of hydrogen-bond donors (Lipinski definition) is 0. The van der Waals surface area contributed by atoms with Gasteiger partial charge in [-0.3, -0.25) is 18.7 Å². The van der Waals surface area contributed by atoms with Gasteiger partial charge in [-0.25, -0.2) is 9.59 Å². The van der Waals surface area contributed by atoms with Crippen LogP contribution in [0, 0.1) is 0 Å². The van der Waals surface area contributed by atoms with Gasteiger partial charge >= 0.3 is 17.8 Å². The molecule has 0 aliphatic carbocycles. The highest BCUT2D eigenvalue weighted by atomic mass is 35.5. The molecule has 0 unspecified atom stereocenters. The van der Waals surface area contributed by atoms with E-state index in [0.717, 1.165) is 29.3 Å². The number of esters is 1. The van der Waals surface area contributed by atoms with Gasteiger partial charge in [-0.1, -0.05) is 23.7 Å². The van der Waals surface area contributed by atoms with E-state index in [2.05, 4.69) is 0 Å². The van der Waals surface area contributed by atoms with Gasteiger partial charge in [0.1, 0.15) is 5.56 Å². The molecule has 194 valence electrons. The number of anilines is 1. The summed E-state index contributed by atoms with van der Waals surface area (Å²) in [6.45, 7) is 1.43. The summed E-state index contributed by atoms with van der Waals surface area (Å²) in [6.07, 6.45) is -2.55. The van der Waals surface area contributed by atoms with Crippen LogP contribution in [0.15, 0.2) is 58.3 Å². The number of amides is 1. The summed E-state index contributed by atoms with van der Waals surface area (Å²) in [5.41, 5.74) is -2.80. The smallest absolute Gasteiger partial charge is 0.417 e. The Hall–Kier alpha value is -3.86. The van der Waals surface area contributed by atoms with E-state index in [9.17, 15) is 32.3 Å². The largest absolute Gasteiger partial charge is 0.462 e. The Morgan fingerprint density at radius 2 is 1.73 bits per heavy atom. The van der Waals surface area contributed by atoms with Crippen molar-refractivity contribution in [2.75, 3.05) is 18.1 Å². The fourth-order valence-electron chi connectivity index (χ4n) is 4.08. The van der Waals surface area contributed by atoms with Crippen LogP contribution in [0.2, 0.25) is 5.02 Å². The van der Waals surface area contributed by atoms with E-state index in [1.54, 1.807) is 17.0 Å². The first-order valence-corrected chi connectivity index (χ1v) is 11.7. The first-order valence-electron chi connectivity index (χ1n) is 11.3. The van der Waals surface area contributed by atoms with E-state index in [1.807, 2.05) is 0 Å². The van der Waals surface area contributed by atoms with Crippen molar-refractivity contribution < 1.29 is 27.5 Å². The summed E-state index contributed by atoms with van der Waals surface area (Å²) >= 11 is 5.98. The molecule has 0 bridgehead atoms. The Morgan fingerprint density at radius 3 is 2.32 bits per heavy atom. The van der Waals surface area contributed by atoms with Crippen molar-refractivity contribution in [3.05, 3.63) is 91.2 Å². The summed E-state index contributed by atoms with van der Waals surface area (Å²) in [5.74, 6) is -1.02. The second-order valence-corrected chi connectivity index (χ2v) is 8.63. The van der Waals surface area contributed by atoms with Gasteiger partial charge in [0.15, 0.2) is 0 Å². The summed E-state index contributed by atoms with van der Waals surface area (Å²) in [7, 11) is 0. The number of hydrogen-bond acceptors (Lipinski definition) is 5. The fraction of sp³-hybridized carbons (Fsp3) is 0.280. The zero-order valence-electron chi connectivity index (χ0n) is 19.5. The monoisotopic (exact) mass is 535 g/mol. The molecule has 0 N–H and O–H groups in total. The van der Waals surface area contributed by atoms with Crippen LogP contribution >= 0.6 is 11.6 Å². The van der Waals surface area contributed by atoms with Gasteiger partial charge in [-0.15, -0.1) is 0 Å². The number of carbonyl (C=O) groups is 2. The Labute approximate surface area is 213 Å². The molecule has 1 aliphatic heterocycles. The van der Waals surface area contributed by atoms with Crippen LogP contribution in [0.25, 0.3) is 5.69 Å². The number of carbonyl (C=O) groups excluding carboxylic acids is 2. The summed E-state index contributed by atoms with van der Waals surface area (Å²) in [6, 6.07) is 9.46. The molecule has 0 radical (unpaired) electrons. The van der Waals surface area contributed by atoms with E-state index in [-0.39, 0.29) is 23.8 Å². The van der Waals surface area contributed by atoms with Crippen molar-refractivity contribution in [1.82, 2.24) is 9.13 Å². The molecule has 12 heteroatoms. The second-order valence-electron chi connectivity index (χ2n) is 8.25. The lowest BCUT2D eigenvalue weighted by Gasteiger charge is -2.17. The Balaban J connectivity index is 1.83. The molecule has 37 heavy (non-hydrogen) atoms. The van der Waals surface area contributed by atoms with Gasteiger partial charge in [-0.05, 0) is 49.2 Å². The van der Waals surface area contributed by atoms with Crippen LogP contribution in [-0.4, -0.2) is 34.2 Å². The molecule has 0 saturated carbocycles. The lowest BCUT2D eigenvalue weighted by Crippen LogP contribution is -2.42. The van der Waals surface area contributed by atoms with E-state index in [4.69, 9.17) is 16.3 Å². The Morgan fingerprint density at radius 1 is 1.05 bits per heavy atom. The molecule has 0 spiro atoms. The van der Waals surface area contributed by atoms with E-state index >= 15 is 0 Å². The van der Waals surface area contributed by atoms with Crippen LogP contribution < -0.4 is 16.1 Å². The Kier molecular flexibility index (Phi) is 7.26. The number of benzene rings is 2. The van der Waals surface area contributed by atoms with Crippen molar-refractivity contribution >= 4 is 29.2 Å². The number of alkyl halides is 3. The maximum absolute atomic E-state index is 13.4. The number of halogens is 4. The SMILES string of the molecule is CCOC(=O)c1cn(-c2ccc(N3CCCC3=O)cc2)c(=O)n(Cc2cccc(C(F)(F)F)c2Cl)c1=O. The van der Waals surface area contributed by atoms with Crippen molar-refractivity contribution in [2.45, 2.75) is 32.5 Å². The van der Waals surface area contributed by atoms with Crippen molar-refractivity contribution in [3.8, 4) is 5.69 Å². The normalized spacial score (nSPS) is 13.8. The average molecular weight is 536 g/mol. The lowest BCUT2D eigenvalue weighted by molar-refractivity contribution is -0.137. The van der Waals surface area contributed by atoms with Gasteiger partial charge in [-0.2, -0.15) is 13.2 Å². The van der Waals surface area contributed by atoms with E-state index in [0.29, 0.717) is 23.2 Å². The van der Waals surface area contributed by atoms with Gasteiger partial charge in [0.25, 0.3) is 5.56 Å². The highest BCUT2D eigenvalue weighted by Gasteiger charge is 2.34. The van der Waals surface area contributed by atoms with Crippen LogP contribution in [0.4, 0.5) is 18.9 Å².